The molecule has 0 aromatic carbocycles. The molecule has 8 nitrogen and oxygen atoms in total. The van der Waals surface area contributed by atoms with Crippen LogP contribution in [0.15, 0.2) is 42.3 Å². The first kappa shape index (κ1) is 15.7. The van der Waals surface area contributed by atoms with E-state index in [0.717, 1.165) is 31.9 Å². The predicted molar refractivity (Wildman–Crippen MR) is 96.5 cm³/mol. The Hall–Kier alpha value is -2.78. The van der Waals surface area contributed by atoms with Gasteiger partial charge in [-0.1, -0.05) is 0 Å². The molecule has 128 valence electrons. The second-order valence-electron chi connectivity index (χ2n) is 5.55. The van der Waals surface area contributed by atoms with Gasteiger partial charge in [-0.25, -0.2) is 9.67 Å². The maximum atomic E-state index is 12.6. The van der Waals surface area contributed by atoms with E-state index in [1.807, 2.05) is 12.1 Å². The number of pyridine rings is 1. The van der Waals surface area contributed by atoms with E-state index in [4.69, 9.17) is 0 Å². The van der Waals surface area contributed by atoms with Crippen molar-refractivity contribution in [2.75, 3.05) is 36.4 Å². The summed E-state index contributed by atoms with van der Waals surface area (Å²) in [7, 11) is 0. The van der Waals surface area contributed by atoms with E-state index in [-0.39, 0.29) is 5.91 Å². The molecule has 9 heteroatoms. The van der Waals surface area contributed by atoms with Gasteiger partial charge in [-0.05, 0) is 12.1 Å². The van der Waals surface area contributed by atoms with E-state index >= 15 is 0 Å². The van der Waals surface area contributed by atoms with Crippen molar-refractivity contribution in [1.29, 1.82) is 0 Å². The number of aromatic nitrogens is 4. The zero-order chi connectivity index (χ0) is 17.1. The minimum atomic E-state index is -0.251. The lowest BCUT2D eigenvalue weighted by Gasteiger charge is -2.30. The molecule has 0 bridgehead atoms. The first-order valence-corrected chi connectivity index (χ1v) is 8.86. The highest BCUT2D eigenvalue weighted by atomic mass is 32.1. The Morgan fingerprint density at radius 3 is 2.96 bits per heavy atom. The van der Waals surface area contributed by atoms with Crippen LogP contribution in [0, 0.1) is 0 Å². The topological polar surface area (TPSA) is 88.0 Å². The fourth-order valence-electron chi connectivity index (χ4n) is 2.71. The van der Waals surface area contributed by atoms with Crippen LogP contribution in [0.4, 0.5) is 11.4 Å². The van der Waals surface area contributed by atoms with E-state index in [0.29, 0.717) is 16.5 Å². The molecule has 1 aliphatic rings. The molecule has 4 heterocycles. The van der Waals surface area contributed by atoms with Crippen molar-refractivity contribution in [2.24, 2.45) is 0 Å². The lowest BCUT2D eigenvalue weighted by Crippen LogP contribution is -2.43. The lowest BCUT2D eigenvalue weighted by atomic mass is 10.2. The highest BCUT2D eigenvalue weighted by molar-refractivity contribution is 7.12. The van der Waals surface area contributed by atoms with Crippen LogP contribution in [0.5, 0.6) is 0 Å². The van der Waals surface area contributed by atoms with Gasteiger partial charge in [-0.3, -0.25) is 9.78 Å². The van der Waals surface area contributed by atoms with E-state index in [2.05, 4.69) is 30.6 Å². The van der Waals surface area contributed by atoms with Gasteiger partial charge in [0.1, 0.15) is 5.69 Å². The molecule has 4 rings (SSSR count). The van der Waals surface area contributed by atoms with Crippen LogP contribution in [-0.2, 0) is 0 Å². The van der Waals surface area contributed by atoms with Crippen molar-refractivity contribution < 1.29 is 4.79 Å². The van der Waals surface area contributed by atoms with Crippen LogP contribution in [0.25, 0.3) is 5.13 Å². The number of nitrogens with zero attached hydrogens (tertiary/aromatic N) is 5. The molecule has 2 N–H and O–H groups in total. The van der Waals surface area contributed by atoms with E-state index in [1.54, 1.807) is 34.8 Å². The Morgan fingerprint density at radius 1 is 1.28 bits per heavy atom. The third-order valence-electron chi connectivity index (χ3n) is 3.93. The van der Waals surface area contributed by atoms with Crippen LogP contribution in [0.1, 0.15) is 10.5 Å². The molecular weight excluding hydrogens is 338 g/mol. The Balaban J connectivity index is 1.53. The predicted octanol–water partition coefficient (Wildman–Crippen LogP) is 1.39. The zero-order valence-electron chi connectivity index (χ0n) is 13.4. The molecule has 0 radical (unpaired) electrons. The van der Waals surface area contributed by atoms with Crippen LogP contribution >= 0.6 is 11.3 Å². The summed E-state index contributed by atoms with van der Waals surface area (Å²) in [6.45, 7) is 3.64. The molecule has 1 fully saturated rings. The molecule has 25 heavy (non-hydrogen) atoms. The number of rotatable bonds is 4. The summed E-state index contributed by atoms with van der Waals surface area (Å²) < 4.78 is 1.64. The van der Waals surface area contributed by atoms with Crippen LogP contribution in [0.2, 0.25) is 0 Å². The van der Waals surface area contributed by atoms with Crippen LogP contribution in [0.3, 0.4) is 0 Å². The lowest BCUT2D eigenvalue weighted by molar-refractivity contribution is 0.102. The van der Waals surface area contributed by atoms with Crippen molar-refractivity contribution in [3.8, 4) is 5.13 Å². The van der Waals surface area contributed by atoms with E-state index < -0.39 is 0 Å². The number of carbonyl (C=O) groups is 1. The molecule has 3 aromatic heterocycles. The SMILES string of the molecule is O=C(Nc1cnccc1N1CCNCC1)c1csc(-n2cccn2)n1. The second kappa shape index (κ2) is 6.99. The maximum absolute atomic E-state index is 12.6. The molecular formula is C16H17N7OS. The van der Waals surface area contributed by atoms with Gasteiger partial charge in [-0.2, -0.15) is 5.10 Å². The number of nitrogens with one attached hydrogen (secondary N) is 2. The van der Waals surface area contributed by atoms with Gasteiger partial charge in [0.25, 0.3) is 5.91 Å². The summed E-state index contributed by atoms with van der Waals surface area (Å²) in [5.74, 6) is -0.251. The summed E-state index contributed by atoms with van der Waals surface area (Å²) in [5.41, 5.74) is 2.04. The zero-order valence-corrected chi connectivity index (χ0v) is 14.2. The van der Waals surface area contributed by atoms with Gasteiger partial charge in [0.2, 0.25) is 5.13 Å². The summed E-state index contributed by atoms with van der Waals surface area (Å²) >= 11 is 1.37. The smallest absolute Gasteiger partial charge is 0.275 e. The number of anilines is 2. The average molecular weight is 355 g/mol. The van der Waals surface area contributed by atoms with Gasteiger partial charge in [0.05, 0.1) is 17.6 Å². The molecule has 0 saturated carbocycles. The maximum Gasteiger partial charge on any atom is 0.275 e. The number of piperazine rings is 1. The second-order valence-corrected chi connectivity index (χ2v) is 6.39. The number of thiazole rings is 1. The Labute approximate surface area is 148 Å². The molecule has 0 aliphatic carbocycles. The highest BCUT2D eigenvalue weighted by Gasteiger charge is 2.18. The summed E-state index contributed by atoms with van der Waals surface area (Å²) in [5, 5.41) is 12.8. The average Bonchev–Trinajstić information content (AvgIpc) is 3.34. The van der Waals surface area contributed by atoms with Crippen LogP contribution in [-0.4, -0.2) is 51.8 Å². The fraction of sp³-hybridized carbons (Fsp3) is 0.250. The quantitative estimate of drug-likeness (QED) is 0.735. The molecule has 0 atom stereocenters. The first-order chi connectivity index (χ1) is 12.3. The highest BCUT2D eigenvalue weighted by Crippen LogP contribution is 2.25. The fourth-order valence-corrected chi connectivity index (χ4v) is 3.45. The number of hydrogen-bond donors (Lipinski definition) is 2. The molecule has 3 aromatic rings. The third-order valence-corrected chi connectivity index (χ3v) is 4.76. The van der Waals surface area contributed by atoms with Crippen molar-refractivity contribution >= 4 is 28.6 Å². The summed E-state index contributed by atoms with van der Waals surface area (Å²) in [6, 6.07) is 3.74. The monoisotopic (exact) mass is 355 g/mol. The van der Waals surface area contributed by atoms with Gasteiger partial charge in [-0.15, -0.1) is 11.3 Å². The Morgan fingerprint density at radius 2 is 2.16 bits per heavy atom. The molecule has 0 spiro atoms. The van der Waals surface area contributed by atoms with E-state index in [1.165, 1.54) is 11.3 Å². The standard InChI is InChI=1S/C16H17N7OS/c24-15(13-11-25-16(21-13)23-7-1-3-19-23)20-12-10-18-4-2-14(12)22-8-5-17-6-9-22/h1-4,7,10-11,17H,5-6,8-9H2,(H,20,24). The molecule has 1 aliphatic heterocycles. The van der Waals surface area contributed by atoms with E-state index in [9.17, 15) is 4.79 Å². The van der Waals surface area contributed by atoms with Gasteiger partial charge in [0, 0.05) is 50.1 Å². The van der Waals surface area contributed by atoms with Gasteiger partial charge >= 0.3 is 0 Å². The Kier molecular flexibility index (Phi) is 4.40. The van der Waals surface area contributed by atoms with Crippen molar-refractivity contribution in [1.82, 2.24) is 25.1 Å². The number of amides is 1. The normalized spacial score (nSPS) is 14.5. The first-order valence-electron chi connectivity index (χ1n) is 7.98. The molecule has 1 saturated heterocycles. The largest absolute Gasteiger partial charge is 0.367 e. The third kappa shape index (κ3) is 3.37. The van der Waals surface area contributed by atoms with Gasteiger partial charge < -0.3 is 15.5 Å². The van der Waals surface area contributed by atoms with Crippen molar-refractivity contribution in [3.05, 3.63) is 48.0 Å². The Bertz CT molecular complexity index is 855. The number of hydrogen-bond acceptors (Lipinski definition) is 7. The van der Waals surface area contributed by atoms with Gasteiger partial charge in [0.15, 0.2) is 0 Å². The molecule has 1 amide bonds. The minimum absolute atomic E-state index is 0.251. The minimum Gasteiger partial charge on any atom is -0.367 e. The van der Waals surface area contributed by atoms with Crippen molar-refractivity contribution in [3.63, 3.8) is 0 Å². The van der Waals surface area contributed by atoms with Crippen LogP contribution < -0.4 is 15.5 Å². The summed E-state index contributed by atoms with van der Waals surface area (Å²) in [6.07, 6.45) is 6.89. The molecule has 0 unspecified atom stereocenters. The van der Waals surface area contributed by atoms with Crippen molar-refractivity contribution in [2.45, 2.75) is 0 Å². The number of carbonyl (C=O) groups excluding carboxylic acids is 1. The summed E-state index contributed by atoms with van der Waals surface area (Å²) in [4.78, 5) is 23.3.